The fourth-order valence-electron chi connectivity index (χ4n) is 3.60. The monoisotopic (exact) mass is 551 g/mol. The molecule has 1 heterocycles. The summed E-state index contributed by atoms with van der Waals surface area (Å²) in [5, 5.41) is 5.87. The van der Waals surface area contributed by atoms with Gasteiger partial charge < -0.3 is 15.4 Å². The van der Waals surface area contributed by atoms with Crippen molar-refractivity contribution in [1.29, 1.82) is 0 Å². The molecule has 0 bridgehead atoms. The lowest BCUT2D eigenvalue weighted by molar-refractivity contribution is -0.120. The molecule has 0 aliphatic carbocycles. The van der Waals surface area contributed by atoms with Crippen LogP contribution in [-0.2, 0) is 14.3 Å². The van der Waals surface area contributed by atoms with Crippen LogP contribution in [0.25, 0.3) is 0 Å². The summed E-state index contributed by atoms with van der Waals surface area (Å²) in [7, 11) is 0. The van der Waals surface area contributed by atoms with E-state index in [2.05, 4.69) is 10.6 Å². The summed E-state index contributed by atoms with van der Waals surface area (Å²) in [5.74, 6) is -2.24. The lowest BCUT2D eigenvalue weighted by atomic mass is 10.1. The average Bonchev–Trinajstić information content (AvgIpc) is 3.13. The van der Waals surface area contributed by atoms with Crippen molar-refractivity contribution in [3.63, 3.8) is 0 Å². The number of nitrogens with zero attached hydrogens (tertiary/aromatic N) is 1. The SMILES string of the molecule is CCCCOC(=O)c1ccc(N2C(=O)C(Cl)=C(Nc3cccc(C(=O)Nc4ccc(Cl)cc4)c3)C2=O)cc1. The number of esters is 1. The molecule has 0 atom stereocenters. The van der Waals surface area contributed by atoms with Gasteiger partial charge in [-0.25, -0.2) is 9.69 Å². The summed E-state index contributed by atoms with van der Waals surface area (Å²) in [6.07, 6.45) is 1.66. The van der Waals surface area contributed by atoms with Crippen molar-refractivity contribution in [3.8, 4) is 0 Å². The third kappa shape index (κ3) is 6.04. The maximum atomic E-state index is 13.1. The molecule has 3 aromatic carbocycles. The molecule has 4 rings (SSSR count). The normalized spacial score (nSPS) is 13.1. The minimum atomic E-state index is -0.714. The van der Waals surface area contributed by atoms with Crippen molar-refractivity contribution >= 4 is 64.0 Å². The number of hydrogen-bond acceptors (Lipinski definition) is 6. The maximum Gasteiger partial charge on any atom is 0.338 e. The molecule has 0 saturated heterocycles. The highest BCUT2D eigenvalue weighted by molar-refractivity contribution is 6.53. The number of unbranched alkanes of at least 4 members (excludes halogenated alkanes) is 1. The first-order chi connectivity index (χ1) is 18.3. The van der Waals surface area contributed by atoms with Gasteiger partial charge in [-0.15, -0.1) is 0 Å². The fraction of sp³-hybridized carbons (Fsp3) is 0.143. The Bertz CT molecular complexity index is 1420. The van der Waals surface area contributed by atoms with Crippen molar-refractivity contribution in [2.24, 2.45) is 0 Å². The van der Waals surface area contributed by atoms with Crippen LogP contribution in [0, 0.1) is 0 Å². The van der Waals surface area contributed by atoms with Crippen LogP contribution in [-0.4, -0.2) is 30.3 Å². The summed E-state index contributed by atoms with van der Waals surface area (Å²) < 4.78 is 5.18. The molecule has 0 aromatic heterocycles. The van der Waals surface area contributed by atoms with E-state index in [1.807, 2.05) is 6.92 Å². The number of imide groups is 1. The van der Waals surface area contributed by atoms with E-state index in [-0.39, 0.29) is 22.3 Å². The van der Waals surface area contributed by atoms with Crippen molar-refractivity contribution in [2.45, 2.75) is 19.8 Å². The van der Waals surface area contributed by atoms with Crippen molar-refractivity contribution < 1.29 is 23.9 Å². The van der Waals surface area contributed by atoms with Gasteiger partial charge in [-0.3, -0.25) is 14.4 Å². The molecule has 1 aliphatic heterocycles. The quantitative estimate of drug-likeness (QED) is 0.192. The van der Waals surface area contributed by atoms with E-state index in [9.17, 15) is 19.2 Å². The molecule has 0 fully saturated rings. The lowest BCUT2D eigenvalue weighted by Gasteiger charge is -2.15. The van der Waals surface area contributed by atoms with Crippen LogP contribution in [0.3, 0.4) is 0 Å². The third-order valence-corrected chi connectivity index (χ3v) is 6.22. The molecular formula is C28H23Cl2N3O5. The Morgan fingerprint density at radius 1 is 0.868 bits per heavy atom. The van der Waals surface area contributed by atoms with Gasteiger partial charge in [-0.2, -0.15) is 0 Å². The Balaban J connectivity index is 1.46. The van der Waals surface area contributed by atoms with Crippen molar-refractivity contribution in [2.75, 3.05) is 22.1 Å². The van der Waals surface area contributed by atoms with E-state index in [0.29, 0.717) is 34.1 Å². The first-order valence-corrected chi connectivity index (χ1v) is 12.5. The highest BCUT2D eigenvalue weighted by Crippen LogP contribution is 2.30. The standard InChI is InChI=1S/C28H23Cl2N3O5/c1-2-3-15-38-28(37)17-7-13-22(14-8-17)33-26(35)23(30)24(27(33)36)31-21-6-4-5-18(16-21)25(34)32-20-11-9-19(29)10-12-20/h4-14,16,31H,2-3,15H2,1H3,(H,32,34). The van der Waals surface area contributed by atoms with Crippen LogP contribution in [0.1, 0.15) is 40.5 Å². The molecular weight excluding hydrogens is 529 g/mol. The smallest absolute Gasteiger partial charge is 0.338 e. The Morgan fingerprint density at radius 3 is 2.26 bits per heavy atom. The molecule has 1 aliphatic rings. The van der Waals surface area contributed by atoms with E-state index in [1.54, 1.807) is 42.5 Å². The second-order valence-corrected chi connectivity index (χ2v) is 9.15. The number of carbonyl (C=O) groups excluding carboxylic acids is 4. The highest BCUT2D eigenvalue weighted by Gasteiger charge is 2.39. The number of amides is 3. The largest absolute Gasteiger partial charge is 0.462 e. The van der Waals surface area contributed by atoms with Gasteiger partial charge >= 0.3 is 5.97 Å². The minimum absolute atomic E-state index is 0.130. The van der Waals surface area contributed by atoms with Gasteiger partial charge in [0.05, 0.1) is 17.9 Å². The van der Waals surface area contributed by atoms with Gasteiger partial charge in [0.1, 0.15) is 10.7 Å². The second-order valence-electron chi connectivity index (χ2n) is 8.34. The summed E-state index contributed by atoms with van der Waals surface area (Å²) in [6, 6.07) is 19.0. The van der Waals surface area contributed by atoms with Gasteiger partial charge in [-0.1, -0.05) is 42.6 Å². The minimum Gasteiger partial charge on any atom is -0.462 e. The summed E-state index contributed by atoms with van der Waals surface area (Å²) >= 11 is 12.1. The number of halogens is 2. The zero-order valence-electron chi connectivity index (χ0n) is 20.3. The molecule has 38 heavy (non-hydrogen) atoms. The van der Waals surface area contributed by atoms with Crippen LogP contribution in [0.5, 0.6) is 0 Å². The third-order valence-electron chi connectivity index (χ3n) is 5.62. The van der Waals surface area contributed by atoms with Crippen LogP contribution in [0.4, 0.5) is 17.1 Å². The van der Waals surface area contributed by atoms with Crippen LogP contribution >= 0.6 is 23.2 Å². The molecule has 194 valence electrons. The van der Waals surface area contributed by atoms with E-state index in [4.69, 9.17) is 27.9 Å². The number of carbonyl (C=O) groups is 4. The van der Waals surface area contributed by atoms with Gasteiger partial charge in [-0.05, 0) is 73.2 Å². The summed E-state index contributed by atoms with van der Waals surface area (Å²) in [5.41, 5.74) is 1.68. The maximum absolute atomic E-state index is 13.1. The summed E-state index contributed by atoms with van der Waals surface area (Å²) in [6.45, 7) is 2.31. The Morgan fingerprint density at radius 2 is 1.58 bits per heavy atom. The molecule has 0 saturated carbocycles. The van der Waals surface area contributed by atoms with Gasteiger partial charge in [0.25, 0.3) is 17.7 Å². The van der Waals surface area contributed by atoms with Gasteiger partial charge in [0, 0.05) is 22.0 Å². The fourth-order valence-corrected chi connectivity index (χ4v) is 3.94. The first-order valence-electron chi connectivity index (χ1n) is 11.8. The lowest BCUT2D eigenvalue weighted by Crippen LogP contribution is -2.32. The Labute approximate surface area is 229 Å². The van der Waals surface area contributed by atoms with E-state index in [1.165, 1.54) is 30.3 Å². The number of rotatable bonds is 9. The molecule has 2 N–H and O–H groups in total. The highest BCUT2D eigenvalue weighted by atomic mass is 35.5. The average molecular weight is 552 g/mol. The molecule has 8 nitrogen and oxygen atoms in total. The molecule has 3 amide bonds. The van der Waals surface area contributed by atoms with Crippen LogP contribution < -0.4 is 15.5 Å². The predicted molar refractivity (Wildman–Crippen MR) is 146 cm³/mol. The topological polar surface area (TPSA) is 105 Å². The zero-order chi connectivity index (χ0) is 27.2. The predicted octanol–water partition coefficient (Wildman–Crippen LogP) is 5.98. The molecule has 0 unspecified atom stereocenters. The van der Waals surface area contributed by atoms with Crippen LogP contribution in [0.2, 0.25) is 5.02 Å². The molecule has 0 spiro atoms. The van der Waals surface area contributed by atoms with E-state index < -0.39 is 17.8 Å². The zero-order valence-corrected chi connectivity index (χ0v) is 21.8. The Kier molecular flexibility index (Phi) is 8.45. The Hall–Kier alpha value is -4.14. The number of hydrogen-bond donors (Lipinski definition) is 2. The number of ether oxygens (including phenoxy) is 1. The molecule has 0 radical (unpaired) electrons. The van der Waals surface area contributed by atoms with Gasteiger partial charge in [0.15, 0.2) is 0 Å². The second kappa shape index (κ2) is 11.9. The first kappa shape index (κ1) is 26.9. The van der Waals surface area contributed by atoms with Crippen LogP contribution in [0.15, 0.2) is 83.5 Å². The molecule has 10 heteroatoms. The van der Waals surface area contributed by atoms with E-state index in [0.717, 1.165) is 17.7 Å². The number of nitrogens with one attached hydrogen (secondary N) is 2. The number of benzene rings is 3. The number of anilines is 3. The van der Waals surface area contributed by atoms with Crippen molar-refractivity contribution in [1.82, 2.24) is 0 Å². The van der Waals surface area contributed by atoms with Crippen molar-refractivity contribution in [3.05, 3.63) is 99.7 Å². The summed E-state index contributed by atoms with van der Waals surface area (Å²) in [4.78, 5) is 51.7. The van der Waals surface area contributed by atoms with E-state index >= 15 is 0 Å². The molecule has 3 aromatic rings. The van der Waals surface area contributed by atoms with Gasteiger partial charge in [0.2, 0.25) is 0 Å².